The molecule has 7 heteroatoms. The Bertz CT molecular complexity index is 1150. The fraction of sp³-hybridized carbons (Fsp3) is 0.182. The molecule has 3 heterocycles. The highest BCUT2D eigenvalue weighted by Crippen LogP contribution is 2.40. The van der Waals surface area contributed by atoms with Crippen molar-refractivity contribution < 1.29 is 18.7 Å². The molecule has 0 saturated heterocycles. The molecule has 0 unspecified atom stereocenters. The summed E-state index contributed by atoms with van der Waals surface area (Å²) in [5.74, 6) is 1.48. The molecule has 0 saturated carbocycles. The number of hydrogen-bond donors (Lipinski definition) is 0. The molecular formula is C22H18N2O4S. The van der Waals surface area contributed by atoms with Crippen molar-refractivity contribution >= 4 is 27.5 Å². The Kier molecular flexibility index (Phi) is 4.44. The van der Waals surface area contributed by atoms with E-state index in [1.54, 1.807) is 35.5 Å². The van der Waals surface area contributed by atoms with Gasteiger partial charge in [-0.15, -0.1) is 11.3 Å². The third-order valence-corrected chi connectivity index (χ3v) is 5.97. The fourth-order valence-corrected chi connectivity index (χ4v) is 4.44. The summed E-state index contributed by atoms with van der Waals surface area (Å²) in [5.41, 5.74) is 2.79. The summed E-state index contributed by atoms with van der Waals surface area (Å²) in [4.78, 5) is 19.3. The van der Waals surface area contributed by atoms with Gasteiger partial charge in [0.2, 0.25) is 0 Å². The standard InChI is InChI=1S/C22H18N2O4S/c1-26-18-12-14(21-23-16-5-2-3-7-19(16)29-21)11-15-13-24(8-10-28-20(15)18)22(25)17-6-4-9-27-17/h2-7,9,11-12H,8,10,13H2,1H3. The largest absolute Gasteiger partial charge is 0.493 e. The van der Waals surface area contributed by atoms with Crippen molar-refractivity contribution in [1.82, 2.24) is 9.88 Å². The summed E-state index contributed by atoms with van der Waals surface area (Å²) >= 11 is 1.63. The molecule has 4 aromatic rings. The number of fused-ring (bicyclic) bond motifs is 2. The molecule has 5 rings (SSSR count). The van der Waals surface area contributed by atoms with E-state index in [-0.39, 0.29) is 5.91 Å². The van der Waals surface area contributed by atoms with E-state index in [0.717, 1.165) is 26.4 Å². The van der Waals surface area contributed by atoms with Gasteiger partial charge in [0.1, 0.15) is 11.6 Å². The van der Waals surface area contributed by atoms with E-state index in [4.69, 9.17) is 18.9 Å². The lowest BCUT2D eigenvalue weighted by molar-refractivity contribution is 0.0701. The van der Waals surface area contributed by atoms with Crippen molar-refractivity contribution in [2.75, 3.05) is 20.3 Å². The predicted octanol–water partition coefficient (Wildman–Crippen LogP) is 4.60. The molecule has 1 amide bonds. The van der Waals surface area contributed by atoms with Crippen LogP contribution in [-0.2, 0) is 6.54 Å². The Morgan fingerprint density at radius 1 is 1.21 bits per heavy atom. The topological polar surface area (TPSA) is 64.8 Å². The maximum absolute atomic E-state index is 12.8. The average molecular weight is 406 g/mol. The first-order valence-corrected chi connectivity index (χ1v) is 10.1. The molecule has 1 aliphatic heterocycles. The van der Waals surface area contributed by atoms with Crippen LogP contribution in [0.3, 0.4) is 0 Å². The number of ether oxygens (including phenoxy) is 2. The lowest BCUT2D eigenvalue weighted by Crippen LogP contribution is -2.32. The van der Waals surface area contributed by atoms with Crippen LogP contribution in [0.2, 0.25) is 0 Å². The van der Waals surface area contributed by atoms with Gasteiger partial charge in [0.05, 0.1) is 36.7 Å². The molecule has 0 atom stereocenters. The molecule has 0 spiro atoms. The lowest BCUT2D eigenvalue weighted by Gasteiger charge is -2.18. The molecule has 146 valence electrons. The summed E-state index contributed by atoms with van der Waals surface area (Å²) in [7, 11) is 1.62. The summed E-state index contributed by atoms with van der Waals surface area (Å²) in [6.07, 6.45) is 1.50. The number of carbonyl (C=O) groups excluding carboxylic acids is 1. The van der Waals surface area contributed by atoms with Gasteiger partial charge in [-0.25, -0.2) is 4.98 Å². The molecule has 1 aliphatic rings. The number of furan rings is 1. The third-order valence-electron chi connectivity index (χ3n) is 4.88. The first-order chi connectivity index (χ1) is 14.2. The Morgan fingerprint density at radius 2 is 2.10 bits per heavy atom. The summed E-state index contributed by atoms with van der Waals surface area (Å²) in [5, 5.41) is 0.903. The highest BCUT2D eigenvalue weighted by molar-refractivity contribution is 7.21. The van der Waals surface area contributed by atoms with Crippen molar-refractivity contribution in [2.45, 2.75) is 6.54 Å². The first kappa shape index (κ1) is 17.8. The van der Waals surface area contributed by atoms with Crippen LogP contribution < -0.4 is 9.47 Å². The third kappa shape index (κ3) is 3.23. The monoisotopic (exact) mass is 406 g/mol. The van der Waals surface area contributed by atoms with Crippen LogP contribution in [0.5, 0.6) is 11.5 Å². The lowest BCUT2D eigenvalue weighted by atomic mass is 10.1. The number of nitrogens with zero attached hydrogens (tertiary/aromatic N) is 2. The number of methoxy groups -OCH3 is 1. The van der Waals surface area contributed by atoms with Crippen LogP contribution >= 0.6 is 11.3 Å². The van der Waals surface area contributed by atoms with E-state index < -0.39 is 0 Å². The van der Waals surface area contributed by atoms with Gasteiger partial charge < -0.3 is 18.8 Å². The van der Waals surface area contributed by atoms with Gasteiger partial charge in [0.25, 0.3) is 5.91 Å². The summed E-state index contributed by atoms with van der Waals surface area (Å²) in [6, 6.07) is 15.4. The highest BCUT2D eigenvalue weighted by Gasteiger charge is 2.25. The molecule has 0 fully saturated rings. The van der Waals surface area contributed by atoms with Crippen molar-refractivity contribution in [3.05, 3.63) is 66.1 Å². The van der Waals surface area contributed by atoms with Gasteiger partial charge in [-0.2, -0.15) is 0 Å². The number of carbonyl (C=O) groups is 1. The average Bonchev–Trinajstić information content (AvgIpc) is 3.38. The maximum atomic E-state index is 12.8. The van der Waals surface area contributed by atoms with Crippen molar-refractivity contribution in [1.29, 1.82) is 0 Å². The summed E-state index contributed by atoms with van der Waals surface area (Å²) < 4.78 is 18.0. The number of aromatic nitrogens is 1. The molecule has 29 heavy (non-hydrogen) atoms. The molecule has 2 aromatic carbocycles. The van der Waals surface area contributed by atoms with E-state index in [1.807, 2.05) is 30.3 Å². The summed E-state index contributed by atoms with van der Waals surface area (Å²) in [6.45, 7) is 1.26. The van der Waals surface area contributed by atoms with Gasteiger partial charge >= 0.3 is 0 Å². The normalized spacial score (nSPS) is 13.6. The molecule has 0 N–H and O–H groups in total. The zero-order chi connectivity index (χ0) is 19.8. The predicted molar refractivity (Wildman–Crippen MR) is 111 cm³/mol. The van der Waals surface area contributed by atoms with Crippen LogP contribution in [0.25, 0.3) is 20.8 Å². The first-order valence-electron chi connectivity index (χ1n) is 9.25. The van der Waals surface area contributed by atoms with E-state index in [9.17, 15) is 4.79 Å². The minimum absolute atomic E-state index is 0.157. The minimum atomic E-state index is -0.157. The Labute approximate surface area is 171 Å². The number of para-hydroxylation sites is 1. The number of rotatable bonds is 3. The van der Waals surface area contributed by atoms with Crippen LogP contribution in [0.1, 0.15) is 16.1 Å². The zero-order valence-electron chi connectivity index (χ0n) is 15.8. The van der Waals surface area contributed by atoms with Crippen LogP contribution in [0, 0.1) is 0 Å². The minimum Gasteiger partial charge on any atom is -0.493 e. The second-order valence-electron chi connectivity index (χ2n) is 6.71. The SMILES string of the molecule is COc1cc(-c2nc3ccccc3s2)cc2c1OCCN(C(=O)c1ccco1)C2. The number of thiazole rings is 1. The van der Waals surface area contributed by atoms with Crippen LogP contribution in [0.4, 0.5) is 0 Å². The van der Waals surface area contributed by atoms with Gasteiger partial charge in [-0.1, -0.05) is 12.1 Å². The smallest absolute Gasteiger partial charge is 0.289 e. The van der Waals surface area contributed by atoms with Gasteiger partial charge in [-0.05, 0) is 36.4 Å². The van der Waals surface area contributed by atoms with Gasteiger partial charge in [-0.3, -0.25) is 4.79 Å². The zero-order valence-corrected chi connectivity index (χ0v) is 16.6. The van der Waals surface area contributed by atoms with E-state index in [1.165, 1.54) is 6.26 Å². The molecule has 0 bridgehead atoms. The molecule has 0 aliphatic carbocycles. The molecule has 0 radical (unpaired) electrons. The van der Waals surface area contributed by atoms with Gasteiger partial charge in [0.15, 0.2) is 17.3 Å². The second-order valence-corrected chi connectivity index (χ2v) is 7.74. The van der Waals surface area contributed by atoms with Gasteiger partial charge in [0, 0.05) is 11.1 Å². The van der Waals surface area contributed by atoms with Crippen LogP contribution in [0.15, 0.2) is 59.2 Å². The molecule has 2 aromatic heterocycles. The van der Waals surface area contributed by atoms with Crippen molar-refractivity contribution in [2.24, 2.45) is 0 Å². The van der Waals surface area contributed by atoms with Crippen LogP contribution in [-0.4, -0.2) is 36.1 Å². The quantitative estimate of drug-likeness (QED) is 0.498. The highest BCUT2D eigenvalue weighted by atomic mass is 32.1. The van der Waals surface area contributed by atoms with E-state index >= 15 is 0 Å². The number of hydrogen-bond acceptors (Lipinski definition) is 6. The maximum Gasteiger partial charge on any atom is 0.289 e. The number of benzene rings is 2. The van der Waals surface area contributed by atoms with E-state index in [0.29, 0.717) is 37.0 Å². The fourth-order valence-electron chi connectivity index (χ4n) is 3.48. The Hall–Kier alpha value is -3.32. The second kappa shape index (κ2) is 7.25. The number of amides is 1. The Balaban J connectivity index is 1.56. The van der Waals surface area contributed by atoms with Crippen molar-refractivity contribution in [3.63, 3.8) is 0 Å². The van der Waals surface area contributed by atoms with Crippen molar-refractivity contribution in [3.8, 4) is 22.1 Å². The Morgan fingerprint density at radius 3 is 2.90 bits per heavy atom. The van der Waals surface area contributed by atoms with E-state index in [2.05, 4.69) is 6.07 Å². The molecular weight excluding hydrogens is 388 g/mol. The molecule has 6 nitrogen and oxygen atoms in total.